The molecule has 2 aliphatic rings. The van der Waals surface area contributed by atoms with Gasteiger partial charge in [0.05, 0.1) is 0 Å². The third-order valence-corrected chi connectivity index (χ3v) is 4.49. The Balaban J connectivity index is 1.84. The highest BCUT2D eigenvalue weighted by Gasteiger charge is 2.21. The molecule has 0 atom stereocenters. The molecule has 2 fully saturated rings. The second-order valence-corrected chi connectivity index (χ2v) is 5.82. The Morgan fingerprint density at radius 2 is 1.41 bits per heavy atom. The lowest BCUT2D eigenvalue weighted by molar-refractivity contribution is 0.168. The summed E-state index contributed by atoms with van der Waals surface area (Å²) >= 11 is 0. The SMILES string of the molecule is C=C(C1CCCCCCC1)N1CCN(C)CC1. The minimum Gasteiger partial charge on any atom is -0.373 e. The number of rotatable bonds is 2. The molecule has 98 valence electrons. The van der Waals surface area contributed by atoms with Gasteiger partial charge >= 0.3 is 0 Å². The van der Waals surface area contributed by atoms with Gasteiger partial charge in [0.15, 0.2) is 0 Å². The van der Waals surface area contributed by atoms with Crippen molar-refractivity contribution in [2.75, 3.05) is 33.2 Å². The van der Waals surface area contributed by atoms with Gasteiger partial charge in [0.25, 0.3) is 0 Å². The van der Waals surface area contributed by atoms with Gasteiger partial charge in [-0.3, -0.25) is 0 Å². The topological polar surface area (TPSA) is 6.48 Å². The first kappa shape index (κ1) is 12.9. The van der Waals surface area contributed by atoms with Crippen LogP contribution in [0.1, 0.15) is 44.9 Å². The number of likely N-dealkylation sites (N-methyl/N-ethyl adjacent to an activating group) is 1. The van der Waals surface area contributed by atoms with E-state index in [4.69, 9.17) is 0 Å². The number of hydrogen-bond donors (Lipinski definition) is 0. The highest BCUT2D eigenvalue weighted by atomic mass is 15.3. The Kier molecular flexibility index (Phi) is 4.90. The van der Waals surface area contributed by atoms with Crippen LogP contribution in [0.5, 0.6) is 0 Å². The van der Waals surface area contributed by atoms with Crippen LogP contribution in [-0.2, 0) is 0 Å². The molecule has 1 aliphatic heterocycles. The molecule has 1 saturated heterocycles. The molecule has 0 aromatic carbocycles. The van der Waals surface area contributed by atoms with E-state index in [9.17, 15) is 0 Å². The Hall–Kier alpha value is -0.500. The Bertz CT molecular complexity index is 233. The molecule has 0 unspecified atom stereocenters. The molecular weight excluding hydrogens is 208 g/mol. The second kappa shape index (κ2) is 6.44. The number of allylic oxidation sites excluding steroid dienone is 1. The van der Waals surface area contributed by atoms with Crippen molar-refractivity contribution >= 4 is 0 Å². The van der Waals surface area contributed by atoms with Crippen molar-refractivity contribution in [2.24, 2.45) is 5.92 Å². The molecule has 2 rings (SSSR count). The fraction of sp³-hybridized carbons (Fsp3) is 0.867. The van der Waals surface area contributed by atoms with Crippen LogP contribution in [0.3, 0.4) is 0 Å². The van der Waals surface area contributed by atoms with E-state index in [0.29, 0.717) is 0 Å². The van der Waals surface area contributed by atoms with Crippen molar-refractivity contribution in [3.63, 3.8) is 0 Å². The second-order valence-electron chi connectivity index (χ2n) is 5.82. The van der Waals surface area contributed by atoms with Gasteiger partial charge in [-0.2, -0.15) is 0 Å². The molecule has 0 amide bonds. The summed E-state index contributed by atoms with van der Waals surface area (Å²) in [5.41, 5.74) is 1.44. The summed E-state index contributed by atoms with van der Waals surface area (Å²) in [4.78, 5) is 4.97. The van der Waals surface area contributed by atoms with E-state index in [2.05, 4.69) is 23.4 Å². The molecule has 2 heteroatoms. The quantitative estimate of drug-likeness (QED) is 0.727. The monoisotopic (exact) mass is 236 g/mol. The average molecular weight is 236 g/mol. The van der Waals surface area contributed by atoms with Gasteiger partial charge in [-0.05, 0) is 25.8 Å². The van der Waals surface area contributed by atoms with E-state index in [1.807, 2.05) is 0 Å². The van der Waals surface area contributed by atoms with Gasteiger partial charge in [0.2, 0.25) is 0 Å². The van der Waals surface area contributed by atoms with Crippen molar-refractivity contribution in [1.82, 2.24) is 9.80 Å². The van der Waals surface area contributed by atoms with Gasteiger partial charge in [-0.15, -0.1) is 0 Å². The highest BCUT2D eigenvalue weighted by molar-refractivity contribution is 5.02. The van der Waals surface area contributed by atoms with Gasteiger partial charge in [0, 0.05) is 31.9 Å². The van der Waals surface area contributed by atoms with E-state index in [-0.39, 0.29) is 0 Å². The molecule has 0 spiro atoms. The minimum absolute atomic E-state index is 0.777. The Morgan fingerprint density at radius 1 is 0.882 bits per heavy atom. The van der Waals surface area contributed by atoms with Crippen molar-refractivity contribution in [3.05, 3.63) is 12.3 Å². The molecule has 1 heterocycles. The summed E-state index contributed by atoms with van der Waals surface area (Å²) in [6.45, 7) is 9.18. The third-order valence-electron chi connectivity index (χ3n) is 4.49. The van der Waals surface area contributed by atoms with Crippen LogP contribution in [0.15, 0.2) is 12.3 Å². The fourth-order valence-corrected chi connectivity index (χ4v) is 3.14. The van der Waals surface area contributed by atoms with Gasteiger partial charge in [-0.25, -0.2) is 0 Å². The van der Waals surface area contributed by atoms with Crippen molar-refractivity contribution in [2.45, 2.75) is 44.9 Å². The van der Waals surface area contributed by atoms with E-state index >= 15 is 0 Å². The third kappa shape index (κ3) is 3.74. The smallest absolute Gasteiger partial charge is 0.0303 e. The summed E-state index contributed by atoms with van der Waals surface area (Å²) in [5, 5.41) is 0. The molecule has 0 bridgehead atoms. The lowest BCUT2D eigenvalue weighted by Crippen LogP contribution is -2.44. The Labute approximate surface area is 107 Å². The zero-order valence-corrected chi connectivity index (χ0v) is 11.5. The zero-order valence-electron chi connectivity index (χ0n) is 11.5. The molecule has 17 heavy (non-hydrogen) atoms. The number of nitrogens with zero attached hydrogens (tertiary/aromatic N) is 2. The first-order valence-electron chi connectivity index (χ1n) is 7.39. The largest absolute Gasteiger partial charge is 0.373 e. The standard InChI is InChI=1S/C15H28N2/c1-14(17-12-10-16(2)11-13-17)15-8-6-4-3-5-7-9-15/h15H,1,3-13H2,2H3. The maximum atomic E-state index is 4.41. The molecule has 1 aliphatic carbocycles. The highest BCUT2D eigenvalue weighted by Crippen LogP contribution is 2.29. The molecule has 0 N–H and O–H groups in total. The molecule has 0 aromatic heterocycles. The van der Waals surface area contributed by atoms with Crippen molar-refractivity contribution in [3.8, 4) is 0 Å². The number of hydrogen-bond acceptors (Lipinski definition) is 2. The Morgan fingerprint density at radius 3 is 2.00 bits per heavy atom. The normalized spacial score (nSPS) is 25.4. The molecule has 2 nitrogen and oxygen atoms in total. The summed E-state index contributed by atoms with van der Waals surface area (Å²) in [7, 11) is 2.22. The summed E-state index contributed by atoms with van der Waals surface area (Å²) in [6, 6.07) is 0. The van der Waals surface area contributed by atoms with Gasteiger partial charge < -0.3 is 9.80 Å². The van der Waals surface area contributed by atoms with E-state index in [1.54, 1.807) is 0 Å². The van der Waals surface area contributed by atoms with E-state index in [0.717, 1.165) is 5.92 Å². The molecular formula is C15H28N2. The maximum Gasteiger partial charge on any atom is 0.0303 e. The molecule has 0 aromatic rings. The van der Waals surface area contributed by atoms with Crippen molar-refractivity contribution < 1.29 is 0 Å². The predicted octanol–water partition coefficient (Wildman–Crippen LogP) is 3.11. The van der Waals surface area contributed by atoms with Crippen LogP contribution < -0.4 is 0 Å². The van der Waals surface area contributed by atoms with E-state index < -0.39 is 0 Å². The average Bonchev–Trinajstić information content (AvgIpc) is 2.29. The molecule has 1 saturated carbocycles. The molecule has 0 radical (unpaired) electrons. The predicted molar refractivity (Wildman–Crippen MR) is 74.0 cm³/mol. The number of piperazine rings is 1. The maximum absolute atomic E-state index is 4.41. The minimum atomic E-state index is 0.777. The first-order chi connectivity index (χ1) is 8.27. The van der Waals surface area contributed by atoms with Gasteiger partial charge in [0.1, 0.15) is 0 Å². The zero-order chi connectivity index (χ0) is 12.1. The van der Waals surface area contributed by atoms with Crippen LogP contribution in [0.4, 0.5) is 0 Å². The van der Waals surface area contributed by atoms with Crippen LogP contribution in [-0.4, -0.2) is 43.0 Å². The summed E-state index contributed by atoms with van der Waals surface area (Å²) < 4.78 is 0. The van der Waals surface area contributed by atoms with E-state index in [1.165, 1.54) is 76.8 Å². The fourth-order valence-electron chi connectivity index (χ4n) is 3.14. The van der Waals surface area contributed by atoms with Gasteiger partial charge in [-0.1, -0.05) is 38.7 Å². The lowest BCUT2D eigenvalue weighted by Gasteiger charge is -2.38. The first-order valence-corrected chi connectivity index (χ1v) is 7.39. The van der Waals surface area contributed by atoms with Crippen LogP contribution in [0.2, 0.25) is 0 Å². The van der Waals surface area contributed by atoms with Crippen molar-refractivity contribution in [1.29, 1.82) is 0 Å². The van der Waals surface area contributed by atoms with Crippen LogP contribution >= 0.6 is 0 Å². The lowest BCUT2D eigenvalue weighted by atomic mass is 9.88. The summed E-state index contributed by atoms with van der Waals surface area (Å²) in [6.07, 6.45) is 9.91. The summed E-state index contributed by atoms with van der Waals surface area (Å²) in [5.74, 6) is 0.777. The van der Waals surface area contributed by atoms with Crippen LogP contribution in [0, 0.1) is 5.92 Å². The van der Waals surface area contributed by atoms with Crippen LogP contribution in [0.25, 0.3) is 0 Å².